The number of pyridine rings is 1. The average Bonchev–Trinajstić information content (AvgIpc) is 2.41. The molecular formula is C14H19Cl2N3O. The van der Waals surface area contributed by atoms with Crippen LogP contribution in [0, 0.1) is 0 Å². The molecule has 2 rings (SSSR count). The van der Waals surface area contributed by atoms with Gasteiger partial charge in [0, 0.05) is 19.1 Å². The maximum absolute atomic E-state index is 12.2. The van der Waals surface area contributed by atoms with Crippen molar-refractivity contribution in [3.8, 4) is 0 Å². The molecule has 0 unspecified atom stereocenters. The van der Waals surface area contributed by atoms with Gasteiger partial charge in [-0.05, 0) is 37.9 Å². The lowest BCUT2D eigenvalue weighted by Crippen LogP contribution is -2.44. The van der Waals surface area contributed by atoms with Crippen molar-refractivity contribution in [3.05, 3.63) is 28.0 Å². The Morgan fingerprint density at radius 3 is 2.70 bits per heavy atom. The number of nitrogens with one attached hydrogen (secondary N) is 1. The number of halogens is 2. The summed E-state index contributed by atoms with van der Waals surface area (Å²) in [6, 6.07) is 3.40. The van der Waals surface area contributed by atoms with Crippen LogP contribution in [-0.4, -0.2) is 41.5 Å². The first-order chi connectivity index (χ1) is 9.60. The minimum atomic E-state index is -0.173. The lowest BCUT2D eigenvalue weighted by atomic mass is 10.0. The Hall–Kier alpha value is -0.840. The predicted molar refractivity (Wildman–Crippen MR) is 81.5 cm³/mol. The molecule has 1 aliphatic rings. The Morgan fingerprint density at radius 1 is 1.40 bits per heavy atom. The Morgan fingerprint density at radius 2 is 2.10 bits per heavy atom. The number of likely N-dealkylation sites (tertiary alicyclic amines) is 1. The molecule has 0 aliphatic carbocycles. The van der Waals surface area contributed by atoms with E-state index in [4.69, 9.17) is 23.2 Å². The van der Waals surface area contributed by atoms with Gasteiger partial charge in [-0.2, -0.15) is 0 Å². The Kier molecular flexibility index (Phi) is 5.64. The molecule has 0 radical (unpaired) electrons. The van der Waals surface area contributed by atoms with E-state index in [0.717, 1.165) is 32.5 Å². The van der Waals surface area contributed by atoms with Gasteiger partial charge in [0.2, 0.25) is 0 Å². The second kappa shape index (κ2) is 7.25. The molecule has 0 saturated carbocycles. The van der Waals surface area contributed by atoms with Crippen LogP contribution >= 0.6 is 23.2 Å². The number of hydrogen-bond acceptors (Lipinski definition) is 3. The number of carbonyl (C=O) groups excluding carboxylic acids is 1. The van der Waals surface area contributed by atoms with Gasteiger partial charge in [0.05, 0.1) is 5.56 Å². The summed E-state index contributed by atoms with van der Waals surface area (Å²) in [5.41, 5.74) is 0.382. The summed E-state index contributed by atoms with van der Waals surface area (Å²) in [5.74, 6) is -0.173. The van der Waals surface area contributed by atoms with Crippen LogP contribution in [0.1, 0.15) is 36.5 Å². The van der Waals surface area contributed by atoms with Crippen molar-refractivity contribution in [1.82, 2.24) is 15.2 Å². The molecule has 1 saturated heterocycles. The van der Waals surface area contributed by atoms with Crippen molar-refractivity contribution in [1.29, 1.82) is 0 Å². The van der Waals surface area contributed by atoms with Gasteiger partial charge in [-0.25, -0.2) is 4.98 Å². The van der Waals surface area contributed by atoms with E-state index in [0.29, 0.717) is 10.7 Å². The molecule has 0 atom stereocenters. The quantitative estimate of drug-likeness (QED) is 0.869. The van der Waals surface area contributed by atoms with E-state index in [1.165, 1.54) is 6.42 Å². The number of piperidine rings is 1. The molecule has 110 valence electrons. The zero-order valence-electron chi connectivity index (χ0n) is 11.5. The minimum Gasteiger partial charge on any atom is -0.349 e. The third-order valence-electron chi connectivity index (χ3n) is 3.52. The zero-order valence-corrected chi connectivity index (χ0v) is 13.0. The second-order valence-corrected chi connectivity index (χ2v) is 5.81. The van der Waals surface area contributed by atoms with E-state index in [1.54, 1.807) is 12.1 Å². The summed E-state index contributed by atoms with van der Waals surface area (Å²) in [6.07, 6.45) is 3.12. The molecule has 2 heterocycles. The highest BCUT2D eigenvalue weighted by Gasteiger charge is 2.21. The van der Waals surface area contributed by atoms with Crippen LogP contribution in [0.15, 0.2) is 12.1 Å². The van der Waals surface area contributed by atoms with E-state index in [2.05, 4.69) is 22.1 Å². The fraction of sp³-hybridized carbons (Fsp3) is 0.571. The standard InChI is InChI=1S/C14H19Cl2N3O/c1-2-7-19-8-5-10(6-9-19)17-14(20)11-3-4-12(15)18-13(11)16/h3-4,10H,2,5-9H2,1H3,(H,17,20). The number of amides is 1. The topological polar surface area (TPSA) is 45.2 Å². The van der Waals surface area contributed by atoms with E-state index in [1.807, 2.05) is 0 Å². The van der Waals surface area contributed by atoms with Crippen molar-refractivity contribution in [2.24, 2.45) is 0 Å². The zero-order chi connectivity index (χ0) is 14.5. The highest BCUT2D eigenvalue weighted by atomic mass is 35.5. The summed E-state index contributed by atoms with van der Waals surface area (Å²) in [4.78, 5) is 18.5. The van der Waals surface area contributed by atoms with Gasteiger partial charge in [0.1, 0.15) is 10.3 Å². The first-order valence-corrected chi connectivity index (χ1v) is 7.71. The molecule has 6 heteroatoms. The van der Waals surface area contributed by atoms with Crippen LogP contribution < -0.4 is 5.32 Å². The average molecular weight is 316 g/mol. The summed E-state index contributed by atoms with van der Waals surface area (Å²) in [5, 5.41) is 3.47. The van der Waals surface area contributed by atoms with E-state index in [-0.39, 0.29) is 17.1 Å². The van der Waals surface area contributed by atoms with Crippen LogP contribution in [-0.2, 0) is 0 Å². The highest BCUT2D eigenvalue weighted by molar-refractivity contribution is 6.34. The highest BCUT2D eigenvalue weighted by Crippen LogP contribution is 2.18. The Bertz CT molecular complexity index is 473. The minimum absolute atomic E-state index is 0.151. The molecule has 1 amide bonds. The van der Waals surface area contributed by atoms with Crippen LogP contribution in [0.5, 0.6) is 0 Å². The summed E-state index contributed by atoms with van der Waals surface area (Å²) in [6.45, 7) is 5.38. The number of rotatable bonds is 4. The largest absolute Gasteiger partial charge is 0.349 e. The van der Waals surface area contributed by atoms with Crippen molar-refractivity contribution in [2.45, 2.75) is 32.2 Å². The van der Waals surface area contributed by atoms with Crippen molar-refractivity contribution < 1.29 is 4.79 Å². The molecule has 1 aliphatic heterocycles. The summed E-state index contributed by atoms with van der Waals surface area (Å²) < 4.78 is 0. The lowest BCUT2D eigenvalue weighted by Gasteiger charge is -2.32. The van der Waals surface area contributed by atoms with Crippen LogP contribution in [0.4, 0.5) is 0 Å². The molecule has 1 aromatic heterocycles. The van der Waals surface area contributed by atoms with Gasteiger partial charge in [-0.3, -0.25) is 4.79 Å². The molecule has 1 N–H and O–H groups in total. The van der Waals surface area contributed by atoms with Crippen molar-refractivity contribution >= 4 is 29.1 Å². The number of nitrogens with zero attached hydrogens (tertiary/aromatic N) is 2. The summed E-state index contributed by atoms with van der Waals surface area (Å²) in [7, 11) is 0. The maximum atomic E-state index is 12.2. The fourth-order valence-corrected chi connectivity index (χ4v) is 2.89. The number of aromatic nitrogens is 1. The SMILES string of the molecule is CCCN1CCC(NC(=O)c2ccc(Cl)nc2Cl)CC1. The molecule has 1 aromatic rings. The normalized spacial score (nSPS) is 17.1. The smallest absolute Gasteiger partial charge is 0.254 e. The van der Waals surface area contributed by atoms with Gasteiger partial charge in [-0.1, -0.05) is 30.1 Å². The van der Waals surface area contributed by atoms with Crippen LogP contribution in [0.2, 0.25) is 10.3 Å². The van der Waals surface area contributed by atoms with Crippen LogP contribution in [0.25, 0.3) is 0 Å². The Balaban J connectivity index is 1.89. The predicted octanol–water partition coefficient (Wildman–Crippen LogP) is 2.99. The first kappa shape index (κ1) is 15.5. The molecule has 4 nitrogen and oxygen atoms in total. The van der Waals surface area contributed by atoms with E-state index < -0.39 is 0 Å². The molecule has 20 heavy (non-hydrogen) atoms. The molecular weight excluding hydrogens is 297 g/mol. The molecule has 1 fully saturated rings. The van der Waals surface area contributed by atoms with Gasteiger partial charge < -0.3 is 10.2 Å². The monoisotopic (exact) mass is 315 g/mol. The second-order valence-electron chi connectivity index (χ2n) is 5.06. The molecule has 0 bridgehead atoms. The van der Waals surface area contributed by atoms with Crippen LogP contribution in [0.3, 0.4) is 0 Å². The van der Waals surface area contributed by atoms with E-state index >= 15 is 0 Å². The third kappa shape index (κ3) is 4.08. The van der Waals surface area contributed by atoms with Gasteiger partial charge in [-0.15, -0.1) is 0 Å². The van der Waals surface area contributed by atoms with Gasteiger partial charge >= 0.3 is 0 Å². The fourth-order valence-electron chi connectivity index (χ4n) is 2.46. The molecule has 0 spiro atoms. The number of carbonyl (C=O) groups is 1. The molecule has 0 aromatic carbocycles. The number of hydrogen-bond donors (Lipinski definition) is 1. The van der Waals surface area contributed by atoms with E-state index in [9.17, 15) is 4.79 Å². The van der Waals surface area contributed by atoms with Gasteiger partial charge in [0.15, 0.2) is 0 Å². The maximum Gasteiger partial charge on any atom is 0.254 e. The third-order valence-corrected chi connectivity index (χ3v) is 4.02. The van der Waals surface area contributed by atoms with Crippen molar-refractivity contribution in [2.75, 3.05) is 19.6 Å². The Labute approximate surface area is 129 Å². The first-order valence-electron chi connectivity index (χ1n) is 6.95. The van der Waals surface area contributed by atoms with Gasteiger partial charge in [0.25, 0.3) is 5.91 Å². The summed E-state index contributed by atoms with van der Waals surface area (Å²) >= 11 is 11.7. The lowest BCUT2D eigenvalue weighted by molar-refractivity contribution is 0.0911. The van der Waals surface area contributed by atoms with Crippen molar-refractivity contribution in [3.63, 3.8) is 0 Å².